The summed E-state index contributed by atoms with van der Waals surface area (Å²) in [5, 5.41) is 9.65. The van der Waals surface area contributed by atoms with Crippen LogP contribution in [0.5, 0.6) is 0 Å². The minimum atomic E-state index is -0.457. The van der Waals surface area contributed by atoms with Crippen LogP contribution in [0.15, 0.2) is 42.6 Å². The van der Waals surface area contributed by atoms with Crippen LogP contribution in [0.3, 0.4) is 0 Å². The molecule has 3 heterocycles. The van der Waals surface area contributed by atoms with E-state index in [1.165, 1.54) is 0 Å². The highest BCUT2D eigenvalue weighted by Gasteiger charge is 2.52. The zero-order valence-corrected chi connectivity index (χ0v) is 19.4. The Labute approximate surface area is 179 Å². The third kappa shape index (κ3) is 4.66. The van der Waals surface area contributed by atoms with E-state index in [1.807, 2.05) is 91.8 Å². The van der Waals surface area contributed by atoms with Crippen LogP contribution in [0, 0.1) is 0 Å². The highest BCUT2D eigenvalue weighted by Crippen LogP contribution is 2.36. The fourth-order valence-corrected chi connectivity index (χ4v) is 3.04. The topological polar surface area (TPSA) is 48.7 Å². The van der Waals surface area contributed by atoms with Crippen LogP contribution in [0.2, 0.25) is 5.02 Å². The first-order valence-corrected chi connectivity index (χ1v) is 10.6. The maximum Gasteiger partial charge on any atom is 0.498 e. The van der Waals surface area contributed by atoms with E-state index in [0.717, 1.165) is 22.2 Å². The largest absolute Gasteiger partial charge is 0.498 e. The molecule has 5 nitrogen and oxygen atoms in total. The molecule has 3 aromatic rings. The summed E-state index contributed by atoms with van der Waals surface area (Å²) in [5.41, 5.74) is 2.72. The standard InChI is InChI=1S/C18H19BClN3O2.2C2H6/c1-17(2)18(3,4)25-19(24-17)14-11-21-23-16(14)9-8-15(22-23)12-6-5-7-13(20)10-12;2*1-2/h5-11H,1-4H3;2*1-2H3. The summed E-state index contributed by atoms with van der Waals surface area (Å²) >= 11 is 6.07. The first-order chi connectivity index (χ1) is 13.8. The molecule has 1 fully saturated rings. The van der Waals surface area contributed by atoms with Crippen LogP contribution in [-0.2, 0) is 9.31 Å². The van der Waals surface area contributed by atoms with Gasteiger partial charge >= 0.3 is 7.12 Å². The maximum atomic E-state index is 6.13. The molecule has 0 spiro atoms. The number of hydrogen-bond donors (Lipinski definition) is 0. The van der Waals surface area contributed by atoms with E-state index in [9.17, 15) is 0 Å². The summed E-state index contributed by atoms with van der Waals surface area (Å²) in [4.78, 5) is 0. The summed E-state index contributed by atoms with van der Waals surface area (Å²) < 4.78 is 13.9. The van der Waals surface area contributed by atoms with Gasteiger partial charge in [-0.15, -0.1) is 5.10 Å². The normalized spacial score (nSPS) is 16.7. The van der Waals surface area contributed by atoms with E-state index in [4.69, 9.17) is 20.9 Å². The van der Waals surface area contributed by atoms with Gasteiger partial charge in [0.15, 0.2) is 0 Å². The van der Waals surface area contributed by atoms with Crippen LogP contribution in [0.1, 0.15) is 55.4 Å². The van der Waals surface area contributed by atoms with Crippen LogP contribution < -0.4 is 5.46 Å². The number of halogens is 1. The SMILES string of the molecule is CC.CC.CC1(C)OB(c2cnn3nc(-c4cccc(Cl)c4)ccc23)OC1(C)C. The van der Waals surface area contributed by atoms with E-state index >= 15 is 0 Å². The molecule has 0 saturated carbocycles. The molecule has 0 unspecified atom stereocenters. The van der Waals surface area contributed by atoms with Gasteiger partial charge in [-0.05, 0) is 52.0 Å². The van der Waals surface area contributed by atoms with E-state index in [0.29, 0.717) is 5.02 Å². The zero-order chi connectivity index (χ0) is 21.8. The van der Waals surface area contributed by atoms with Crippen molar-refractivity contribution < 1.29 is 9.31 Å². The Morgan fingerprint density at radius 2 is 1.55 bits per heavy atom. The van der Waals surface area contributed by atoms with Gasteiger partial charge in [0.25, 0.3) is 0 Å². The number of aromatic nitrogens is 3. The molecule has 1 aromatic carbocycles. The Bertz CT molecular complexity index is 940. The maximum absolute atomic E-state index is 6.13. The fourth-order valence-electron chi connectivity index (χ4n) is 2.85. The van der Waals surface area contributed by atoms with E-state index in [2.05, 4.69) is 10.2 Å². The molecular formula is C22H31BClN3O2. The lowest BCUT2D eigenvalue weighted by Crippen LogP contribution is -2.41. The fraction of sp³-hybridized carbons (Fsp3) is 0.455. The highest BCUT2D eigenvalue weighted by atomic mass is 35.5. The minimum Gasteiger partial charge on any atom is -0.399 e. The monoisotopic (exact) mass is 415 g/mol. The number of hydrogen-bond acceptors (Lipinski definition) is 4. The Hall–Kier alpha value is -1.89. The molecule has 7 heteroatoms. The van der Waals surface area contributed by atoms with Gasteiger partial charge in [-0.25, -0.2) is 0 Å². The predicted molar refractivity (Wildman–Crippen MR) is 122 cm³/mol. The second kappa shape index (κ2) is 9.29. The number of benzene rings is 1. The first-order valence-electron chi connectivity index (χ1n) is 10.2. The van der Waals surface area contributed by atoms with Gasteiger partial charge in [-0.2, -0.15) is 9.73 Å². The predicted octanol–water partition coefficient (Wildman–Crippen LogP) is 5.40. The average molecular weight is 416 g/mol. The molecule has 0 radical (unpaired) electrons. The minimum absolute atomic E-state index is 0.389. The second-order valence-corrected chi connectivity index (χ2v) is 7.73. The molecule has 4 rings (SSSR count). The quantitative estimate of drug-likeness (QED) is 0.526. The van der Waals surface area contributed by atoms with Gasteiger partial charge in [0.05, 0.1) is 28.6 Å². The van der Waals surface area contributed by atoms with E-state index < -0.39 is 7.12 Å². The molecule has 29 heavy (non-hydrogen) atoms. The van der Waals surface area contributed by atoms with Crippen molar-refractivity contribution in [1.82, 2.24) is 14.8 Å². The van der Waals surface area contributed by atoms with Crippen molar-refractivity contribution in [3.8, 4) is 11.3 Å². The van der Waals surface area contributed by atoms with Gasteiger partial charge < -0.3 is 9.31 Å². The summed E-state index contributed by atoms with van der Waals surface area (Å²) in [7, 11) is -0.457. The lowest BCUT2D eigenvalue weighted by Gasteiger charge is -2.32. The van der Waals surface area contributed by atoms with Crippen LogP contribution >= 0.6 is 11.6 Å². The number of fused-ring (bicyclic) bond motifs is 1. The molecular weight excluding hydrogens is 385 g/mol. The molecule has 156 valence electrons. The van der Waals surface area contributed by atoms with Crippen molar-refractivity contribution in [2.45, 2.75) is 66.6 Å². The lowest BCUT2D eigenvalue weighted by molar-refractivity contribution is 0.00578. The van der Waals surface area contributed by atoms with Gasteiger partial charge in [-0.3, -0.25) is 0 Å². The molecule has 1 aliphatic rings. The van der Waals surface area contributed by atoms with Crippen molar-refractivity contribution in [3.05, 3.63) is 47.6 Å². The third-order valence-corrected chi connectivity index (χ3v) is 5.28. The van der Waals surface area contributed by atoms with Crippen LogP contribution in [-0.4, -0.2) is 33.1 Å². The van der Waals surface area contributed by atoms with Crippen molar-refractivity contribution in [2.75, 3.05) is 0 Å². The van der Waals surface area contributed by atoms with Gasteiger partial charge in [0, 0.05) is 16.0 Å². The third-order valence-electron chi connectivity index (χ3n) is 5.05. The Morgan fingerprint density at radius 3 is 2.14 bits per heavy atom. The lowest BCUT2D eigenvalue weighted by atomic mass is 9.80. The molecule has 0 aliphatic carbocycles. The average Bonchev–Trinajstić information content (AvgIpc) is 3.22. The van der Waals surface area contributed by atoms with E-state index in [1.54, 1.807) is 10.8 Å². The van der Waals surface area contributed by atoms with Crippen molar-refractivity contribution >= 4 is 29.7 Å². The van der Waals surface area contributed by atoms with Crippen molar-refractivity contribution in [3.63, 3.8) is 0 Å². The highest BCUT2D eigenvalue weighted by molar-refractivity contribution is 6.64. The summed E-state index contributed by atoms with van der Waals surface area (Å²) in [6.07, 6.45) is 1.76. The Morgan fingerprint density at radius 1 is 0.931 bits per heavy atom. The number of nitrogens with zero attached hydrogens (tertiary/aromatic N) is 3. The number of rotatable bonds is 2. The van der Waals surface area contributed by atoms with Crippen molar-refractivity contribution in [2.24, 2.45) is 0 Å². The summed E-state index contributed by atoms with van der Waals surface area (Å²) in [6.45, 7) is 16.1. The molecule has 0 bridgehead atoms. The van der Waals surface area contributed by atoms with Crippen molar-refractivity contribution in [1.29, 1.82) is 0 Å². The molecule has 0 N–H and O–H groups in total. The molecule has 1 aliphatic heterocycles. The second-order valence-electron chi connectivity index (χ2n) is 7.29. The zero-order valence-electron chi connectivity index (χ0n) is 18.7. The van der Waals surface area contributed by atoms with E-state index in [-0.39, 0.29) is 11.2 Å². The van der Waals surface area contributed by atoms with Gasteiger partial charge in [0.2, 0.25) is 0 Å². The van der Waals surface area contributed by atoms with Crippen LogP contribution in [0.4, 0.5) is 0 Å². The molecule has 0 atom stereocenters. The van der Waals surface area contributed by atoms with Gasteiger partial charge in [-0.1, -0.05) is 51.4 Å². The Kier molecular flexibility index (Phi) is 7.49. The smallest absolute Gasteiger partial charge is 0.399 e. The summed E-state index contributed by atoms with van der Waals surface area (Å²) in [5.74, 6) is 0. The molecule has 2 aromatic heterocycles. The Balaban J connectivity index is 0.000000707. The van der Waals surface area contributed by atoms with Crippen LogP contribution in [0.25, 0.3) is 16.8 Å². The molecule has 0 amide bonds. The summed E-state index contributed by atoms with van der Waals surface area (Å²) in [6, 6.07) is 11.5. The van der Waals surface area contributed by atoms with Gasteiger partial charge in [0.1, 0.15) is 0 Å². The molecule has 1 saturated heterocycles. The first kappa shape index (κ1) is 23.4.